The van der Waals surface area contributed by atoms with E-state index in [1.165, 1.54) is 12.8 Å². The van der Waals surface area contributed by atoms with E-state index in [2.05, 4.69) is 31.6 Å². The van der Waals surface area contributed by atoms with E-state index in [1.807, 2.05) is 36.2 Å². The largest absolute Gasteiger partial charge is 0.494 e. The number of benzene rings is 1. The Balaban J connectivity index is 1.14. The van der Waals surface area contributed by atoms with Crippen LogP contribution in [0.25, 0.3) is 44.8 Å². The fourth-order valence-corrected chi connectivity index (χ4v) is 7.73. The number of nitrogens with zero attached hydrogens (tertiary/aromatic N) is 6. The zero-order valence-electron chi connectivity index (χ0n) is 25.3. The number of piperidine rings is 1. The summed E-state index contributed by atoms with van der Waals surface area (Å²) < 4.78 is 10.2. The second kappa shape index (κ2) is 9.61. The van der Waals surface area contributed by atoms with Crippen molar-refractivity contribution in [1.29, 1.82) is 0 Å². The summed E-state index contributed by atoms with van der Waals surface area (Å²) >= 11 is 0. The van der Waals surface area contributed by atoms with Gasteiger partial charge in [-0.3, -0.25) is 9.59 Å². The Morgan fingerprint density at radius 3 is 2.73 bits per heavy atom. The van der Waals surface area contributed by atoms with Crippen molar-refractivity contribution in [3.8, 4) is 28.5 Å². The van der Waals surface area contributed by atoms with Crippen molar-refractivity contribution in [2.75, 3.05) is 19.0 Å². The van der Waals surface area contributed by atoms with E-state index in [0.717, 1.165) is 64.3 Å². The fraction of sp³-hybridized carbons (Fsp3) is 0.382. The van der Waals surface area contributed by atoms with Crippen LogP contribution in [-0.2, 0) is 24.8 Å². The highest BCUT2D eigenvalue weighted by Gasteiger charge is 2.47. The number of ether oxygens (including phenoxy) is 1. The van der Waals surface area contributed by atoms with Crippen LogP contribution in [0.2, 0.25) is 0 Å². The third kappa shape index (κ3) is 4.10. The standard InChI is InChI=1S/C34H34N8O3/c1-40-30-24(10-21(12-27(30)45-2)34(44)42-16-19-6-8-25(42)29(19)35)38-33(40)26-11-18-5-7-23(37-32(18)41(26)15-17-3-4-17)22-9-20-13-28(43)39-31(20)36-14-22/h5,7,9-12,14,17,19,25,29H,3-4,6,8,13,15-16,35H2,1-2H3,(H,36,39,43). The maximum absolute atomic E-state index is 13.7. The van der Waals surface area contributed by atoms with Gasteiger partial charge >= 0.3 is 0 Å². The molecule has 3 atom stereocenters. The molecule has 2 bridgehead atoms. The minimum Gasteiger partial charge on any atom is -0.494 e. The average Bonchev–Trinajstić information content (AvgIpc) is 3.26. The predicted octanol–water partition coefficient (Wildman–Crippen LogP) is 4.13. The lowest BCUT2D eigenvalue weighted by Gasteiger charge is -2.27. The molecule has 4 aliphatic rings. The van der Waals surface area contributed by atoms with Crippen LogP contribution in [0.4, 0.5) is 5.82 Å². The molecule has 11 heteroatoms. The zero-order valence-corrected chi connectivity index (χ0v) is 25.3. The molecule has 1 saturated heterocycles. The zero-order chi connectivity index (χ0) is 30.6. The topological polar surface area (TPSA) is 133 Å². The van der Waals surface area contributed by atoms with E-state index in [4.69, 9.17) is 20.4 Å². The van der Waals surface area contributed by atoms with Gasteiger partial charge in [0.15, 0.2) is 5.82 Å². The third-order valence-electron chi connectivity index (χ3n) is 10.3. The van der Waals surface area contributed by atoms with Gasteiger partial charge in [0.2, 0.25) is 5.91 Å². The quantitative estimate of drug-likeness (QED) is 0.299. The lowest BCUT2D eigenvalue weighted by molar-refractivity contribution is -0.115. The highest BCUT2D eigenvalue weighted by molar-refractivity contribution is 6.01. The van der Waals surface area contributed by atoms with Gasteiger partial charge in [0.1, 0.15) is 22.7 Å². The molecule has 9 rings (SSSR count). The monoisotopic (exact) mass is 602 g/mol. The molecule has 5 aromatic rings. The number of rotatable bonds is 6. The molecule has 3 unspecified atom stereocenters. The first-order chi connectivity index (χ1) is 21.9. The average molecular weight is 603 g/mol. The number of carbonyl (C=O) groups is 2. The summed E-state index contributed by atoms with van der Waals surface area (Å²) in [5.74, 6) is 2.97. The molecule has 2 amide bonds. The summed E-state index contributed by atoms with van der Waals surface area (Å²) in [7, 11) is 3.63. The maximum Gasteiger partial charge on any atom is 0.254 e. The van der Waals surface area contributed by atoms with Crippen LogP contribution >= 0.6 is 0 Å². The number of aryl methyl sites for hydroxylation is 1. The lowest BCUT2D eigenvalue weighted by atomic mass is 10.1. The number of carbonyl (C=O) groups excluding carboxylic acids is 2. The smallest absolute Gasteiger partial charge is 0.254 e. The van der Waals surface area contributed by atoms with Gasteiger partial charge in [-0.1, -0.05) is 0 Å². The number of imidazole rings is 1. The van der Waals surface area contributed by atoms with Gasteiger partial charge in [-0.25, -0.2) is 15.0 Å². The van der Waals surface area contributed by atoms with Crippen LogP contribution in [0.5, 0.6) is 5.75 Å². The Hall–Kier alpha value is -4.77. The molecule has 3 N–H and O–H groups in total. The van der Waals surface area contributed by atoms with Crippen molar-refractivity contribution in [1.82, 2.24) is 29.0 Å². The van der Waals surface area contributed by atoms with Crippen LogP contribution in [0.15, 0.2) is 42.6 Å². The summed E-state index contributed by atoms with van der Waals surface area (Å²) in [6.45, 7) is 1.56. The van der Waals surface area contributed by atoms with E-state index in [1.54, 1.807) is 13.3 Å². The van der Waals surface area contributed by atoms with Crippen molar-refractivity contribution >= 4 is 39.7 Å². The molecule has 6 heterocycles. The molecule has 2 saturated carbocycles. The number of methoxy groups -OCH3 is 1. The third-order valence-corrected chi connectivity index (χ3v) is 10.3. The number of aromatic nitrogens is 5. The van der Waals surface area contributed by atoms with Crippen LogP contribution in [0.3, 0.4) is 0 Å². The number of hydrogen-bond acceptors (Lipinski definition) is 7. The second-order valence-corrected chi connectivity index (χ2v) is 13.1. The minimum absolute atomic E-state index is 0.00850. The molecule has 1 aromatic carbocycles. The Morgan fingerprint density at radius 1 is 1.11 bits per heavy atom. The summed E-state index contributed by atoms with van der Waals surface area (Å²) in [5, 5.41) is 3.83. The Labute approximate surface area is 259 Å². The van der Waals surface area contributed by atoms with Gasteiger partial charge in [-0.05, 0) is 73.9 Å². The first kappa shape index (κ1) is 26.6. The van der Waals surface area contributed by atoms with E-state index < -0.39 is 0 Å². The highest BCUT2D eigenvalue weighted by Crippen LogP contribution is 2.40. The summed E-state index contributed by atoms with van der Waals surface area (Å²) in [4.78, 5) is 42.3. The number of nitrogens with two attached hydrogens (primary N) is 1. The molecule has 0 spiro atoms. The number of anilines is 1. The number of pyridine rings is 2. The molecule has 228 valence electrons. The Kier molecular flexibility index (Phi) is 5.69. The van der Waals surface area contributed by atoms with Crippen molar-refractivity contribution < 1.29 is 14.3 Å². The van der Waals surface area contributed by atoms with Gasteiger partial charge < -0.3 is 29.8 Å². The molecule has 2 aliphatic carbocycles. The van der Waals surface area contributed by atoms with Crippen molar-refractivity contribution in [2.24, 2.45) is 24.6 Å². The van der Waals surface area contributed by atoms with Gasteiger partial charge in [0.25, 0.3) is 5.91 Å². The van der Waals surface area contributed by atoms with E-state index in [-0.39, 0.29) is 23.9 Å². The van der Waals surface area contributed by atoms with Gasteiger partial charge in [-0.15, -0.1) is 0 Å². The molecule has 2 aliphatic heterocycles. The fourth-order valence-electron chi connectivity index (χ4n) is 7.73. The lowest BCUT2D eigenvalue weighted by Crippen LogP contribution is -2.41. The predicted molar refractivity (Wildman–Crippen MR) is 170 cm³/mol. The summed E-state index contributed by atoms with van der Waals surface area (Å²) in [5.41, 5.74) is 13.0. The van der Waals surface area contributed by atoms with E-state index in [0.29, 0.717) is 47.4 Å². The van der Waals surface area contributed by atoms with E-state index >= 15 is 0 Å². The summed E-state index contributed by atoms with van der Waals surface area (Å²) in [6.07, 6.45) is 6.54. The molecule has 11 nitrogen and oxygen atoms in total. The Bertz CT molecular complexity index is 2080. The van der Waals surface area contributed by atoms with Crippen LogP contribution in [0, 0.1) is 11.8 Å². The first-order valence-corrected chi connectivity index (χ1v) is 15.8. The van der Waals surface area contributed by atoms with Crippen molar-refractivity contribution in [2.45, 2.75) is 50.7 Å². The molecule has 3 fully saturated rings. The number of fused-ring (bicyclic) bond motifs is 5. The number of nitrogens with one attached hydrogen (secondary N) is 1. The second-order valence-electron chi connectivity index (χ2n) is 13.1. The normalized spacial score (nSPS) is 22.1. The minimum atomic E-state index is -0.0381. The van der Waals surface area contributed by atoms with Crippen LogP contribution in [-0.4, -0.2) is 66.5 Å². The first-order valence-electron chi connectivity index (χ1n) is 15.8. The number of hydrogen-bond donors (Lipinski definition) is 2. The Morgan fingerprint density at radius 2 is 1.98 bits per heavy atom. The molecule has 45 heavy (non-hydrogen) atoms. The molecule has 4 aromatic heterocycles. The van der Waals surface area contributed by atoms with Gasteiger partial charge in [-0.2, -0.15) is 0 Å². The molecular weight excluding hydrogens is 568 g/mol. The van der Waals surface area contributed by atoms with Crippen LogP contribution < -0.4 is 15.8 Å². The number of likely N-dealkylation sites (tertiary alicyclic amines) is 1. The SMILES string of the molecule is COc1cc(C(=O)N2CC3CCC2C3N)cc2nc(-c3cc4ccc(-c5cnc6c(c5)CC(=O)N6)nc4n3CC3CC3)n(C)c12. The van der Waals surface area contributed by atoms with E-state index in [9.17, 15) is 9.59 Å². The highest BCUT2D eigenvalue weighted by atomic mass is 16.5. The summed E-state index contributed by atoms with van der Waals surface area (Å²) in [6, 6.07) is 12.2. The maximum atomic E-state index is 13.7. The molecular formula is C34H34N8O3. The van der Waals surface area contributed by atoms with Crippen LogP contribution in [0.1, 0.15) is 41.6 Å². The molecule has 0 radical (unpaired) electrons. The van der Waals surface area contributed by atoms with Gasteiger partial charge in [0, 0.05) is 60.5 Å². The van der Waals surface area contributed by atoms with Crippen molar-refractivity contribution in [3.63, 3.8) is 0 Å². The van der Waals surface area contributed by atoms with Gasteiger partial charge in [0.05, 0.1) is 30.4 Å². The van der Waals surface area contributed by atoms with Crippen molar-refractivity contribution in [3.05, 3.63) is 53.7 Å². The number of amides is 2.